The first-order valence-corrected chi connectivity index (χ1v) is 8.79. The number of hydrogen-bond acceptors (Lipinski definition) is 6. The number of rotatable bonds is 4. The van der Waals surface area contributed by atoms with Crippen LogP contribution in [0.15, 0.2) is 58.3 Å². The molecule has 0 aromatic heterocycles. The Hall–Kier alpha value is 1.27. The third-order valence-electron chi connectivity index (χ3n) is 2.82. The van der Waals surface area contributed by atoms with Gasteiger partial charge in [-0.05, 0) is 23.3 Å². The van der Waals surface area contributed by atoms with Crippen molar-refractivity contribution in [2.45, 2.75) is 9.79 Å². The van der Waals surface area contributed by atoms with Crippen LogP contribution in [0, 0.1) is 0 Å². The topological polar surface area (TPSA) is 114 Å². The summed E-state index contributed by atoms with van der Waals surface area (Å²) in [7, 11) is -9.32. The molecule has 0 saturated carbocycles. The first kappa shape index (κ1) is 25.3. The van der Waals surface area contributed by atoms with Crippen molar-refractivity contribution in [1.82, 2.24) is 0 Å². The zero-order valence-corrected chi connectivity index (χ0v) is 20.9. The van der Waals surface area contributed by atoms with E-state index in [-0.39, 0.29) is 114 Å². The van der Waals surface area contributed by atoms with Crippen LogP contribution in [0.3, 0.4) is 0 Å². The summed E-state index contributed by atoms with van der Waals surface area (Å²) in [4.78, 5) is -0.845. The second-order valence-corrected chi connectivity index (χ2v) is 7.01. The Kier molecular flexibility index (Phi) is 11.1. The van der Waals surface area contributed by atoms with Crippen LogP contribution in [0.2, 0.25) is 0 Å². The third-order valence-corrected chi connectivity index (χ3v) is 4.64. The predicted molar refractivity (Wildman–Crippen MR) is 77.7 cm³/mol. The molecule has 0 N–H and O–H groups in total. The minimum absolute atomic E-state index is 0. The molecule has 116 valence electrons. The first-order valence-electron chi connectivity index (χ1n) is 5.97. The molecule has 0 aliphatic rings. The molecule has 10 heteroatoms. The van der Waals surface area contributed by atoms with Gasteiger partial charge in [0.05, 0.1) is 9.79 Å². The van der Waals surface area contributed by atoms with Crippen molar-refractivity contribution in [2.75, 3.05) is 0 Å². The van der Waals surface area contributed by atoms with Crippen molar-refractivity contribution in [3.8, 4) is 0 Å². The van der Waals surface area contributed by atoms with Crippen molar-refractivity contribution in [3.05, 3.63) is 59.7 Å². The second-order valence-electron chi connectivity index (χ2n) is 4.32. The van der Waals surface area contributed by atoms with Crippen LogP contribution in [0.4, 0.5) is 0 Å². The molecule has 0 radical (unpaired) electrons. The van der Waals surface area contributed by atoms with Crippen LogP contribution in [0.5, 0.6) is 0 Å². The predicted octanol–water partition coefficient (Wildman–Crippen LogP) is -4.33. The van der Waals surface area contributed by atoms with E-state index < -0.39 is 30.0 Å². The molecule has 0 saturated heterocycles. The molecule has 2 aromatic carbocycles. The van der Waals surface area contributed by atoms with Gasteiger partial charge in [0.2, 0.25) is 0 Å². The fraction of sp³-hybridized carbons (Fsp3) is 0. The molecule has 0 aliphatic heterocycles. The summed E-state index contributed by atoms with van der Waals surface area (Å²) in [6.07, 6.45) is 2.55. The van der Waals surface area contributed by atoms with E-state index in [2.05, 4.69) is 0 Å². The van der Waals surface area contributed by atoms with E-state index >= 15 is 0 Å². The van der Waals surface area contributed by atoms with Crippen LogP contribution in [0.25, 0.3) is 12.2 Å². The van der Waals surface area contributed by atoms with Crippen LogP contribution in [0.1, 0.15) is 11.1 Å². The van der Waals surface area contributed by atoms with Gasteiger partial charge in [-0.15, -0.1) is 0 Å². The van der Waals surface area contributed by atoms with Gasteiger partial charge < -0.3 is 9.11 Å². The molecule has 2 rings (SSSR count). The molecule has 0 aliphatic carbocycles. The minimum atomic E-state index is -4.66. The molecule has 6 nitrogen and oxygen atoms in total. The van der Waals surface area contributed by atoms with Crippen molar-refractivity contribution in [3.63, 3.8) is 0 Å². The van der Waals surface area contributed by atoms with Crippen LogP contribution in [-0.4, -0.2) is 25.9 Å². The van der Waals surface area contributed by atoms with Gasteiger partial charge in [-0.25, -0.2) is 16.8 Å². The van der Waals surface area contributed by atoms with E-state index in [1.807, 2.05) is 0 Å². The third kappa shape index (κ3) is 7.12. The molecule has 0 amide bonds. The smallest absolute Gasteiger partial charge is 0.744 e. The maximum absolute atomic E-state index is 11.2. The molecule has 2 aromatic rings. The Bertz CT molecular complexity index is 860. The van der Waals surface area contributed by atoms with Gasteiger partial charge in [0.25, 0.3) is 0 Å². The monoisotopic (exact) mass is 416 g/mol. The molecule has 24 heavy (non-hydrogen) atoms. The first-order chi connectivity index (χ1) is 10.2. The molecule has 0 unspecified atom stereocenters. The summed E-state index contributed by atoms with van der Waals surface area (Å²) < 4.78 is 66.9. The van der Waals surface area contributed by atoms with Gasteiger partial charge in [-0.3, -0.25) is 0 Å². The molecule has 0 heterocycles. The number of benzene rings is 2. The zero-order chi connectivity index (χ0) is 16.4. The van der Waals surface area contributed by atoms with Crippen molar-refractivity contribution in [2.24, 2.45) is 0 Å². The van der Waals surface area contributed by atoms with E-state index in [1.54, 1.807) is 0 Å². The Morgan fingerprint density at radius 1 is 0.625 bits per heavy atom. The second kappa shape index (κ2) is 10.6. The molecular formula is C14H10K2O6S2. The van der Waals surface area contributed by atoms with E-state index in [1.165, 1.54) is 48.6 Å². The van der Waals surface area contributed by atoms with Crippen molar-refractivity contribution >= 4 is 32.4 Å². The fourth-order valence-corrected chi connectivity index (χ4v) is 3.21. The Morgan fingerprint density at radius 3 is 1.21 bits per heavy atom. The summed E-state index contributed by atoms with van der Waals surface area (Å²) in [5.41, 5.74) is 0.214. The Labute approximate surface area is 226 Å². The number of hydrogen-bond donors (Lipinski definition) is 0. The minimum Gasteiger partial charge on any atom is -0.744 e. The average molecular weight is 417 g/mol. The van der Waals surface area contributed by atoms with Gasteiger partial charge >= 0.3 is 103 Å². The summed E-state index contributed by atoms with van der Waals surface area (Å²) in [6.45, 7) is 0. The van der Waals surface area contributed by atoms with Gasteiger partial charge in [-0.2, -0.15) is 0 Å². The molecular weight excluding hydrogens is 406 g/mol. The largest absolute Gasteiger partial charge is 1.00 e. The maximum Gasteiger partial charge on any atom is 1.00 e. The molecule has 0 spiro atoms. The van der Waals surface area contributed by atoms with E-state index in [0.29, 0.717) is 0 Å². The Balaban J connectivity index is 0.00000264. The molecule has 0 atom stereocenters. The van der Waals surface area contributed by atoms with Crippen LogP contribution >= 0.6 is 0 Å². The molecule has 0 fully saturated rings. The van der Waals surface area contributed by atoms with E-state index in [9.17, 15) is 25.9 Å². The van der Waals surface area contributed by atoms with Crippen LogP contribution < -0.4 is 103 Å². The average Bonchev–Trinajstić information content (AvgIpc) is 2.44. The van der Waals surface area contributed by atoms with Gasteiger partial charge in [0.1, 0.15) is 20.2 Å². The Morgan fingerprint density at radius 2 is 0.917 bits per heavy atom. The molecule has 0 bridgehead atoms. The zero-order valence-electron chi connectivity index (χ0n) is 13.0. The van der Waals surface area contributed by atoms with E-state index in [0.717, 1.165) is 12.1 Å². The fourth-order valence-electron chi connectivity index (χ4n) is 1.87. The quantitative estimate of drug-likeness (QED) is 0.283. The van der Waals surface area contributed by atoms with Crippen molar-refractivity contribution < 1.29 is 129 Å². The SMILES string of the molecule is O=S(=O)([O-])c1ccccc1C=Cc1ccccc1S(=O)(=O)[O-].[K+].[K+]. The van der Waals surface area contributed by atoms with Crippen LogP contribution in [-0.2, 0) is 20.2 Å². The van der Waals surface area contributed by atoms with Gasteiger partial charge in [-0.1, -0.05) is 48.6 Å². The normalized spacial score (nSPS) is 11.6. The standard InChI is InChI=1S/C14H12O6S2.2K/c15-21(16,17)13-7-3-1-5-11(13)9-10-12-6-2-4-8-14(12)22(18,19)20;;/h1-10H,(H,15,16,17)(H,18,19,20);;/q;2*+1/p-2. The van der Waals surface area contributed by atoms with Gasteiger partial charge in [0.15, 0.2) is 0 Å². The van der Waals surface area contributed by atoms with Crippen molar-refractivity contribution in [1.29, 1.82) is 0 Å². The summed E-state index contributed by atoms with van der Waals surface area (Å²) in [5.74, 6) is 0. The summed E-state index contributed by atoms with van der Waals surface area (Å²) in [6, 6.07) is 11.0. The van der Waals surface area contributed by atoms with E-state index in [4.69, 9.17) is 0 Å². The maximum atomic E-state index is 11.2. The van der Waals surface area contributed by atoms with Gasteiger partial charge in [0, 0.05) is 0 Å². The summed E-state index contributed by atoms with van der Waals surface area (Å²) >= 11 is 0. The summed E-state index contributed by atoms with van der Waals surface area (Å²) in [5, 5.41) is 0.